The number of hydrogen-bond donors (Lipinski definition) is 0. The number of carbonyl (C=O) groups excluding carboxylic acids is 2. The summed E-state index contributed by atoms with van der Waals surface area (Å²) in [5, 5.41) is 0. The second-order valence-corrected chi connectivity index (χ2v) is 7.39. The molecule has 0 spiro atoms. The van der Waals surface area contributed by atoms with E-state index in [1.807, 2.05) is 31.2 Å². The van der Waals surface area contributed by atoms with Crippen LogP contribution in [0.25, 0.3) is 6.08 Å². The summed E-state index contributed by atoms with van der Waals surface area (Å²) in [6, 6.07) is 12.5. The van der Waals surface area contributed by atoms with Crippen molar-refractivity contribution < 1.29 is 23.8 Å². The van der Waals surface area contributed by atoms with Crippen LogP contribution >= 0.6 is 15.9 Å². The van der Waals surface area contributed by atoms with Crippen molar-refractivity contribution in [3.63, 3.8) is 0 Å². The van der Waals surface area contributed by atoms with Crippen LogP contribution < -0.4 is 9.47 Å². The maximum Gasteiger partial charge on any atom is 0.363 e. The van der Waals surface area contributed by atoms with Crippen LogP contribution in [-0.4, -0.2) is 50.0 Å². The van der Waals surface area contributed by atoms with E-state index in [2.05, 4.69) is 20.9 Å². The molecule has 2 aromatic carbocycles. The van der Waals surface area contributed by atoms with Crippen molar-refractivity contribution in [2.24, 2.45) is 4.99 Å². The summed E-state index contributed by atoms with van der Waals surface area (Å²) < 4.78 is 17.3. The Morgan fingerprint density at radius 1 is 1.17 bits per heavy atom. The summed E-state index contributed by atoms with van der Waals surface area (Å²) in [6.45, 7) is 2.17. The molecule has 30 heavy (non-hydrogen) atoms. The first-order valence-corrected chi connectivity index (χ1v) is 10.1. The van der Waals surface area contributed by atoms with Crippen LogP contribution in [0.5, 0.6) is 11.5 Å². The maximum atomic E-state index is 12.3. The average Bonchev–Trinajstić information content (AvgIpc) is 3.07. The number of rotatable bonds is 7. The van der Waals surface area contributed by atoms with E-state index >= 15 is 0 Å². The van der Waals surface area contributed by atoms with Crippen molar-refractivity contribution in [1.82, 2.24) is 4.90 Å². The lowest BCUT2D eigenvalue weighted by Gasteiger charge is -2.14. The Morgan fingerprint density at radius 2 is 1.93 bits per heavy atom. The first-order valence-electron chi connectivity index (χ1n) is 9.26. The molecule has 0 aliphatic carbocycles. The van der Waals surface area contributed by atoms with E-state index < -0.39 is 5.97 Å². The van der Waals surface area contributed by atoms with Gasteiger partial charge in [0.15, 0.2) is 23.8 Å². The van der Waals surface area contributed by atoms with Crippen molar-refractivity contribution in [3.05, 3.63) is 63.8 Å². The molecule has 156 valence electrons. The second-order valence-electron chi connectivity index (χ2n) is 6.53. The summed E-state index contributed by atoms with van der Waals surface area (Å²) in [4.78, 5) is 29.8. The van der Waals surface area contributed by atoms with Crippen LogP contribution in [-0.2, 0) is 14.3 Å². The first-order chi connectivity index (χ1) is 14.4. The van der Waals surface area contributed by atoms with Crippen LogP contribution in [0.15, 0.2) is 57.6 Å². The lowest BCUT2D eigenvalue weighted by Crippen LogP contribution is -2.27. The summed E-state index contributed by atoms with van der Waals surface area (Å²) >= 11 is 3.43. The van der Waals surface area contributed by atoms with Gasteiger partial charge in [-0.2, -0.15) is 0 Å². The number of cyclic esters (lactones) is 1. The molecule has 0 radical (unpaired) electrons. The number of ether oxygens (including phenoxy) is 3. The number of hydrogen-bond acceptors (Lipinski definition) is 6. The minimum atomic E-state index is -0.532. The van der Waals surface area contributed by atoms with Gasteiger partial charge in [0.05, 0.1) is 12.2 Å². The number of halogens is 1. The lowest BCUT2D eigenvalue weighted by atomic mass is 10.1. The monoisotopic (exact) mass is 472 g/mol. The molecule has 1 heterocycles. The van der Waals surface area contributed by atoms with Crippen molar-refractivity contribution in [2.75, 3.05) is 27.3 Å². The zero-order valence-corrected chi connectivity index (χ0v) is 18.4. The van der Waals surface area contributed by atoms with Gasteiger partial charge < -0.3 is 19.1 Å². The van der Waals surface area contributed by atoms with Gasteiger partial charge in [0, 0.05) is 18.6 Å². The van der Waals surface area contributed by atoms with E-state index in [1.54, 1.807) is 38.4 Å². The van der Waals surface area contributed by atoms with Crippen LogP contribution in [0.2, 0.25) is 0 Å². The van der Waals surface area contributed by atoms with Crippen LogP contribution in [0.3, 0.4) is 0 Å². The fourth-order valence-electron chi connectivity index (χ4n) is 2.59. The van der Waals surface area contributed by atoms with E-state index in [0.29, 0.717) is 29.2 Å². The van der Waals surface area contributed by atoms with Gasteiger partial charge in [0.25, 0.3) is 5.91 Å². The van der Waals surface area contributed by atoms with Gasteiger partial charge in [-0.05, 0) is 58.8 Å². The molecule has 0 aromatic heterocycles. The quantitative estimate of drug-likeness (QED) is 0.453. The number of carbonyl (C=O) groups is 2. The molecule has 2 aromatic rings. The van der Waals surface area contributed by atoms with Crippen LogP contribution in [0, 0.1) is 0 Å². The lowest BCUT2D eigenvalue weighted by molar-refractivity contribution is -0.131. The molecule has 0 fully saturated rings. The smallest absolute Gasteiger partial charge is 0.363 e. The van der Waals surface area contributed by atoms with E-state index in [1.165, 1.54) is 4.90 Å². The largest absolute Gasteiger partial charge is 0.490 e. The van der Waals surface area contributed by atoms with Crippen molar-refractivity contribution in [2.45, 2.75) is 6.92 Å². The number of amides is 1. The topological polar surface area (TPSA) is 77.4 Å². The molecule has 0 saturated carbocycles. The normalized spacial score (nSPS) is 14.3. The highest BCUT2D eigenvalue weighted by molar-refractivity contribution is 9.10. The van der Waals surface area contributed by atoms with Gasteiger partial charge in [-0.1, -0.05) is 18.2 Å². The van der Waals surface area contributed by atoms with Crippen LogP contribution in [0.4, 0.5) is 0 Å². The number of aliphatic imine (C=N–C) groups is 1. The van der Waals surface area contributed by atoms with Crippen LogP contribution in [0.1, 0.15) is 18.1 Å². The molecule has 1 amide bonds. The second kappa shape index (κ2) is 9.58. The minimum Gasteiger partial charge on any atom is -0.490 e. The zero-order chi connectivity index (χ0) is 21.7. The molecule has 0 bridgehead atoms. The highest BCUT2D eigenvalue weighted by Crippen LogP contribution is 2.30. The summed E-state index contributed by atoms with van der Waals surface area (Å²) in [6.07, 6.45) is 1.61. The SMILES string of the molecule is CCOc1cc(C=C2N=C(c3ccccc3Br)OC2=O)ccc1OCC(=O)N(C)C. The van der Waals surface area contributed by atoms with Gasteiger partial charge >= 0.3 is 5.97 Å². The molecular weight excluding hydrogens is 452 g/mol. The Labute approximate surface area is 183 Å². The zero-order valence-electron chi connectivity index (χ0n) is 16.8. The Kier molecular flexibility index (Phi) is 6.89. The third kappa shape index (κ3) is 5.07. The number of esters is 1. The van der Waals surface area contributed by atoms with Crippen molar-refractivity contribution >= 4 is 39.8 Å². The minimum absolute atomic E-state index is 0.0978. The maximum absolute atomic E-state index is 12.3. The third-order valence-corrected chi connectivity index (χ3v) is 4.84. The Hall–Kier alpha value is -3.13. The van der Waals surface area contributed by atoms with Crippen molar-refractivity contribution in [3.8, 4) is 11.5 Å². The summed E-state index contributed by atoms with van der Waals surface area (Å²) in [5.41, 5.74) is 1.56. The molecule has 0 N–H and O–H groups in total. The molecule has 7 nitrogen and oxygen atoms in total. The van der Waals surface area contributed by atoms with Gasteiger partial charge in [-0.3, -0.25) is 4.79 Å². The predicted octanol–water partition coefficient (Wildman–Crippen LogP) is 3.66. The highest BCUT2D eigenvalue weighted by atomic mass is 79.9. The number of nitrogens with zero attached hydrogens (tertiary/aromatic N) is 2. The Morgan fingerprint density at radius 3 is 2.63 bits per heavy atom. The number of benzene rings is 2. The van der Waals surface area contributed by atoms with Gasteiger partial charge in [0.2, 0.25) is 5.90 Å². The van der Waals surface area contributed by atoms with Gasteiger partial charge in [0.1, 0.15) is 0 Å². The fourth-order valence-corrected chi connectivity index (χ4v) is 3.04. The average molecular weight is 473 g/mol. The third-order valence-electron chi connectivity index (χ3n) is 4.15. The molecule has 1 aliphatic heterocycles. The fraction of sp³-hybridized carbons (Fsp3) is 0.227. The van der Waals surface area contributed by atoms with Gasteiger partial charge in [-0.25, -0.2) is 9.79 Å². The first kappa shape index (κ1) is 21.6. The van der Waals surface area contributed by atoms with E-state index in [0.717, 1.165) is 4.47 Å². The van der Waals surface area contributed by atoms with E-state index in [4.69, 9.17) is 14.2 Å². The molecular formula is C22H21BrN2O5. The molecule has 0 unspecified atom stereocenters. The Bertz CT molecular complexity index is 1030. The molecule has 0 saturated heterocycles. The standard InChI is InChI=1S/C22H21BrN2O5/c1-4-28-19-12-14(9-10-18(19)29-13-20(26)25(2)3)11-17-22(27)30-21(24-17)15-7-5-6-8-16(15)23/h5-12H,4,13H2,1-3H3. The Balaban J connectivity index is 1.85. The van der Waals surface area contributed by atoms with E-state index in [9.17, 15) is 9.59 Å². The summed E-state index contributed by atoms with van der Waals surface area (Å²) in [5.74, 6) is 0.466. The molecule has 0 atom stereocenters. The van der Waals surface area contributed by atoms with E-state index in [-0.39, 0.29) is 24.1 Å². The van der Waals surface area contributed by atoms with Gasteiger partial charge in [-0.15, -0.1) is 0 Å². The molecule has 3 rings (SSSR count). The summed E-state index contributed by atoms with van der Waals surface area (Å²) in [7, 11) is 3.32. The predicted molar refractivity (Wildman–Crippen MR) is 117 cm³/mol. The molecule has 8 heteroatoms. The van der Waals surface area contributed by atoms with Crippen molar-refractivity contribution in [1.29, 1.82) is 0 Å². The molecule has 1 aliphatic rings. The number of likely N-dealkylation sites (N-methyl/N-ethyl adjacent to an activating group) is 1. The highest BCUT2D eigenvalue weighted by Gasteiger charge is 2.25.